The molecule has 0 spiro atoms. The molecule has 0 amide bonds. The van der Waals surface area contributed by atoms with Crippen molar-refractivity contribution in [2.24, 2.45) is 5.73 Å². The van der Waals surface area contributed by atoms with Crippen molar-refractivity contribution in [3.8, 4) is 0 Å². The Morgan fingerprint density at radius 1 is 1.47 bits per heavy atom. The highest BCUT2D eigenvalue weighted by atomic mass is 15.0. The van der Waals surface area contributed by atoms with E-state index in [1.165, 1.54) is 5.56 Å². The maximum Gasteiger partial charge on any atom is 0.177 e. The second kappa shape index (κ2) is 3.98. The van der Waals surface area contributed by atoms with E-state index in [4.69, 9.17) is 5.73 Å². The van der Waals surface area contributed by atoms with Crippen LogP contribution >= 0.6 is 0 Å². The Morgan fingerprint density at radius 2 is 2.27 bits per heavy atom. The Bertz CT molecular complexity index is 459. The minimum Gasteiger partial charge on any atom is -0.340 e. The van der Waals surface area contributed by atoms with E-state index in [-0.39, 0.29) is 0 Å². The van der Waals surface area contributed by atoms with E-state index in [0.29, 0.717) is 12.5 Å². The van der Waals surface area contributed by atoms with Crippen molar-refractivity contribution in [2.45, 2.75) is 26.2 Å². The number of aromatic nitrogens is 3. The zero-order chi connectivity index (χ0) is 10.8. The van der Waals surface area contributed by atoms with Gasteiger partial charge >= 0.3 is 0 Å². The van der Waals surface area contributed by atoms with Crippen LogP contribution in [0, 0.1) is 0 Å². The Labute approximate surface area is 88.9 Å². The second-order valence-electron chi connectivity index (χ2n) is 3.98. The van der Waals surface area contributed by atoms with Crippen LogP contribution in [-0.4, -0.2) is 21.5 Å². The summed E-state index contributed by atoms with van der Waals surface area (Å²) in [7, 11) is 0. The summed E-state index contributed by atoms with van der Waals surface area (Å²) in [6, 6.07) is 2.00. The van der Waals surface area contributed by atoms with Gasteiger partial charge in [-0.25, -0.2) is 9.97 Å². The maximum atomic E-state index is 5.56. The number of hydrogen-bond acceptors (Lipinski definition) is 3. The van der Waals surface area contributed by atoms with Gasteiger partial charge in [-0.3, -0.25) is 0 Å². The second-order valence-corrected chi connectivity index (χ2v) is 3.98. The quantitative estimate of drug-likeness (QED) is 0.797. The zero-order valence-electron chi connectivity index (χ0n) is 9.12. The van der Waals surface area contributed by atoms with Gasteiger partial charge in [0.1, 0.15) is 5.82 Å². The first-order chi connectivity index (χ1) is 7.22. The number of nitrogens with one attached hydrogen (secondary N) is 1. The third kappa shape index (κ3) is 1.85. The SMILES string of the molecule is CC(C)c1nc2nccc(CCN)c2[nH]1. The molecule has 2 aromatic rings. The van der Waals surface area contributed by atoms with E-state index in [1.807, 2.05) is 6.07 Å². The monoisotopic (exact) mass is 204 g/mol. The average Bonchev–Trinajstić information content (AvgIpc) is 2.63. The van der Waals surface area contributed by atoms with Gasteiger partial charge in [-0.05, 0) is 24.6 Å². The number of hydrogen-bond donors (Lipinski definition) is 2. The minimum atomic E-state index is 0.393. The number of aromatic amines is 1. The van der Waals surface area contributed by atoms with Crippen molar-refractivity contribution in [1.29, 1.82) is 0 Å². The highest BCUT2D eigenvalue weighted by molar-refractivity contribution is 5.74. The fourth-order valence-corrected chi connectivity index (χ4v) is 1.62. The van der Waals surface area contributed by atoms with Gasteiger partial charge < -0.3 is 10.7 Å². The average molecular weight is 204 g/mol. The van der Waals surface area contributed by atoms with Crippen molar-refractivity contribution >= 4 is 11.2 Å². The predicted octanol–water partition coefficient (Wildman–Crippen LogP) is 1.58. The number of nitrogens with two attached hydrogens (primary N) is 1. The van der Waals surface area contributed by atoms with Gasteiger partial charge in [0.05, 0.1) is 5.52 Å². The van der Waals surface area contributed by atoms with Crippen molar-refractivity contribution in [2.75, 3.05) is 6.54 Å². The number of fused-ring (bicyclic) bond motifs is 1. The summed E-state index contributed by atoms with van der Waals surface area (Å²) in [6.07, 6.45) is 2.65. The lowest BCUT2D eigenvalue weighted by molar-refractivity contribution is 0.798. The molecule has 0 unspecified atom stereocenters. The third-order valence-corrected chi connectivity index (χ3v) is 2.46. The molecule has 0 bridgehead atoms. The molecular weight excluding hydrogens is 188 g/mol. The van der Waals surface area contributed by atoms with Crippen LogP contribution < -0.4 is 5.73 Å². The van der Waals surface area contributed by atoms with Gasteiger partial charge in [-0.15, -0.1) is 0 Å². The lowest BCUT2D eigenvalue weighted by atomic mass is 10.2. The Kier molecular flexibility index (Phi) is 2.68. The molecule has 0 saturated carbocycles. The molecule has 3 N–H and O–H groups in total. The Hall–Kier alpha value is -1.42. The number of nitrogens with zero attached hydrogens (tertiary/aromatic N) is 2. The molecule has 2 heterocycles. The number of rotatable bonds is 3. The minimum absolute atomic E-state index is 0.393. The Balaban J connectivity index is 2.54. The summed E-state index contributed by atoms with van der Waals surface area (Å²) >= 11 is 0. The smallest absolute Gasteiger partial charge is 0.177 e. The van der Waals surface area contributed by atoms with Crippen molar-refractivity contribution < 1.29 is 0 Å². The molecule has 0 aliphatic heterocycles. The van der Waals surface area contributed by atoms with Crippen molar-refractivity contribution in [1.82, 2.24) is 15.0 Å². The van der Waals surface area contributed by atoms with Gasteiger partial charge in [0.15, 0.2) is 5.65 Å². The fraction of sp³-hybridized carbons (Fsp3) is 0.455. The summed E-state index contributed by atoms with van der Waals surface area (Å²) in [6.45, 7) is 4.87. The standard InChI is InChI=1S/C11H16N4/c1-7(2)10-14-9-8(3-5-12)4-6-13-11(9)15-10/h4,6-7H,3,5,12H2,1-2H3,(H,13,14,15). The van der Waals surface area contributed by atoms with Crippen LogP contribution in [0.15, 0.2) is 12.3 Å². The first-order valence-corrected chi connectivity index (χ1v) is 5.26. The summed E-state index contributed by atoms with van der Waals surface area (Å²) in [5.74, 6) is 1.38. The molecule has 2 aromatic heterocycles. The predicted molar refractivity (Wildman–Crippen MR) is 60.7 cm³/mol. The Morgan fingerprint density at radius 3 is 2.93 bits per heavy atom. The normalized spacial score (nSPS) is 11.5. The highest BCUT2D eigenvalue weighted by Crippen LogP contribution is 2.18. The topological polar surface area (TPSA) is 67.6 Å². The lowest BCUT2D eigenvalue weighted by Crippen LogP contribution is -2.03. The van der Waals surface area contributed by atoms with E-state index in [0.717, 1.165) is 23.4 Å². The molecule has 0 saturated heterocycles. The van der Waals surface area contributed by atoms with Gasteiger partial charge in [0.25, 0.3) is 0 Å². The number of imidazole rings is 1. The molecular formula is C11H16N4. The molecule has 80 valence electrons. The van der Waals surface area contributed by atoms with Gasteiger partial charge in [-0.2, -0.15) is 0 Å². The lowest BCUT2D eigenvalue weighted by Gasteiger charge is -1.99. The van der Waals surface area contributed by atoms with E-state index >= 15 is 0 Å². The number of H-pyrrole nitrogens is 1. The van der Waals surface area contributed by atoms with E-state index in [1.54, 1.807) is 6.20 Å². The van der Waals surface area contributed by atoms with Crippen LogP contribution in [0.25, 0.3) is 11.2 Å². The summed E-state index contributed by atoms with van der Waals surface area (Å²) in [5.41, 5.74) is 8.59. The van der Waals surface area contributed by atoms with Crippen LogP contribution in [0.3, 0.4) is 0 Å². The molecule has 0 aromatic carbocycles. The molecule has 0 aliphatic carbocycles. The molecule has 4 heteroatoms. The van der Waals surface area contributed by atoms with E-state index < -0.39 is 0 Å². The highest BCUT2D eigenvalue weighted by Gasteiger charge is 2.09. The van der Waals surface area contributed by atoms with Gasteiger partial charge in [0, 0.05) is 12.1 Å². The molecule has 4 nitrogen and oxygen atoms in total. The zero-order valence-corrected chi connectivity index (χ0v) is 9.12. The maximum absolute atomic E-state index is 5.56. The molecule has 0 radical (unpaired) electrons. The van der Waals surface area contributed by atoms with Crippen molar-refractivity contribution in [3.05, 3.63) is 23.7 Å². The number of pyridine rings is 1. The summed E-state index contributed by atoms with van der Waals surface area (Å²) in [5, 5.41) is 0. The van der Waals surface area contributed by atoms with Crippen LogP contribution in [-0.2, 0) is 6.42 Å². The summed E-state index contributed by atoms with van der Waals surface area (Å²) in [4.78, 5) is 12.0. The van der Waals surface area contributed by atoms with Crippen LogP contribution in [0.5, 0.6) is 0 Å². The molecule has 0 atom stereocenters. The molecule has 2 rings (SSSR count). The van der Waals surface area contributed by atoms with E-state index in [2.05, 4.69) is 28.8 Å². The van der Waals surface area contributed by atoms with Gasteiger partial charge in [0.2, 0.25) is 0 Å². The first-order valence-electron chi connectivity index (χ1n) is 5.26. The van der Waals surface area contributed by atoms with E-state index in [9.17, 15) is 0 Å². The third-order valence-electron chi connectivity index (χ3n) is 2.46. The van der Waals surface area contributed by atoms with Crippen LogP contribution in [0.4, 0.5) is 0 Å². The fourth-order valence-electron chi connectivity index (χ4n) is 1.62. The largest absolute Gasteiger partial charge is 0.340 e. The van der Waals surface area contributed by atoms with Crippen LogP contribution in [0.1, 0.15) is 31.2 Å². The molecule has 0 aliphatic rings. The molecule has 0 fully saturated rings. The molecule has 15 heavy (non-hydrogen) atoms. The van der Waals surface area contributed by atoms with Crippen LogP contribution in [0.2, 0.25) is 0 Å². The van der Waals surface area contributed by atoms with Gasteiger partial charge in [-0.1, -0.05) is 13.8 Å². The van der Waals surface area contributed by atoms with Crippen molar-refractivity contribution in [3.63, 3.8) is 0 Å². The first kappa shape index (κ1) is 10.1. The summed E-state index contributed by atoms with van der Waals surface area (Å²) < 4.78 is 0.